The number of anilines is 2. The third kappa shape index (κ3) is 5.32. The first kappa shape index (κ1) is 19.9. The van der Waals surface area contributed by atoms with Gasteiger partial charge in [-0.3, -0.25) is 14.6 Å². The predicted octanol–water partition coefficient (Wildman–Crippen LogP) is 3.99. The molecule has 0 saturated carbocycles. The smallest absolute Gasteiger partial charge is 0.257 e. The van der Waals surface area contributed by atoms with Gasteiger partial charge in [0.1, 0.15) is 11.5 Å². The minimum atomic E-state index is -0.374. The van der Waals surface area contributed by atoms with E-state index in [1.807, 2.05) is 6.92 Å². The lowest BCUT2D eigenvalue weighted by molar-refractivity contribution is 0.102. The third-order valence-corrected chi connectivity index (χ3v) is 4.01. The molecule has 1 heterocycles. The molecule has 2 amide bonds. The molecule has 7 nitrogen and oxygen atoms in total. The molecule has 3 rings (SSSR count). The SMILES string of the molecule is CCOc1ccc(NC(=O)c2cncc(C(=O)Nc3cccc(OC)c3)c2)cc1. The van der Waals surface area contributed by atoms with Crippen molar-refractivity contribution in [1.29, 1.82) is 0 Å². The van der Waals surface area contributed by atoms with E-state index >= 15 is 0 Å². The lowest BCUT2D eigenvalue weighted by atomic mass is 10.1. The van der Waals surface area contributed by atoms with Gasteiger partial charge in [0.2, 0.25) is 0 Å². The van der Waals surface area contributed by atoms with Crippen LogP contribution in [0.3, 0.4) is 0 Å². The van der Waals surface area contributed by atoms with Crippen LogP contribution in [0.2, 0.25) is 0 Å². The van der Waals surface area contributed by atoms with Crippen LogP contribution in [0.25, 0.3) is 0 Å². The molecule has 0 fully saturated rings. The number of rotatable bonds is 7. The zero-order valence-electron chi connectivity index (χ0n) is 16.1. The quantitative estimate of drug-likeness (QED) is 0.636. The Kier molecular flexibility index (Phi) is 6.42. The second-order valence-corrected chi connectivity index (χ2v) is 6.06. The number of pyridine rings is 1. The van der Waals surface area contributed by atoms with Gasteiger partial charge in [-0.05, 0) is 49.4 Å². The predicted molar refractivity (Wildman–Crippen MR) is 111 cm³/mol. The molecule has 0 aliphatic heterocycles. The fourth-order valence-corrected chi connectivity index (χ4v) is 2.60. The number of carbonyl (C=O) groups excluding carboxylic acids is 2. The summed E-state index contributed by atoms with van der Waals surface area (Å²) in [5.41, 5.74) is 1.74. The van der Waals surface area contributed by atoms with Gasteiger partial charge >= 0.3 is 0 Å². The molecule has 29 heavy (non-hydrogen) atoms. The van der Waals surface area contributed by atoms with Gasteiger partial charge in [0.25, 0.3) is 11.8 Å². The van der Waals surface area contributed by atoms with Crippen molar-refractivity contribution in [3.63, 3.8) is 0 Å². The Morgan fingerprint density at radius 1 is 0.862 bits per heavy atom. The Morgan fingerprint density at radius 3 is 2.14 bits per heavy atom. The highest BCUT2D eigenvalue weighted by atomic mass is 16.5. The van der Waals surface area contributed by atoms with E-state index in [0.29, 0.717) is 23.7 Å². The number of benzene rings is 2. The van der Waals surface area contributed by atoms with Crippen LogP contribution in [0.5, 0.6) is 11.5 Å². The zero-order valence-corrected chi connectivity index (χ0v) is 16.1. The number of hydrogen-bond acceptors (Lipinski definition) is 5. The van der Waals surface area contributed by atoms with Crippen LogP contribution in [-0.4, -0.2) is 30.5 Å². The number of hydrogen-bond donors (Lipinski definition) is 2. The second-order valence-electron chi connectivity index (χ2n) is 6.06. The van der Waals surface area contributed by atoms with Crippen LogP contribution < -0.4 is 20.1 Å². The number of nitrogens with one attached hydrogen (secondary N) is 2. The van der Waals surface area contributed by atoms with Gasteiger partial charge in [-0.15, -0.1) is 0 Å². The summed E-state index contributed by atoms with van der Waals surface area (Å²) < 4.78 is 10.5. The average Bonchev–Trinajstić information content (AvgIpc) is 2.75. The van der Waals surface area contributed by atoms with E-state index in [0.717, 1.165) is 5.75 Å². The Bertz CT molecular complexity index is 1000. The number of methoxy groups -OCH3 is 1. The first-order valence-corrected chi connectivity index (χ1v) is 9.03. The lowest BCUT2D eigenvalue weighted by Gasteiger charge is -2.09. The Morgan fingerprint density at radius 2 is 1.52 bits per heavy atom. The summed E-state index contributed by atoms with van der Waals surface area (Å²) in [7, 11) is 1.55. The Balaban J connectivity index is 1.69. The van der Waals surface area contributed by atoms with Crippen LogP contribution in [-0.2, 0) is 0 Å². The van der Waals surface area contributed by atoms with Crippen molar-refractivity contribution in [2.24, 2.45) is 0 Å². The van der Waals surface area contributed by atoms with Crippen LogP contribution in [0, 0.1) is 0 Å². The number of aromatic nitrogens is 1. The molecule has 1 aromatic heterocycles. The van der Waals surface area contributed by atoms with Crippen molar-refractivity contribution in [2.75, 3.05) is 24.4 Å². The van der Waals surface area contributed by atoms with Gasteiger partial charge in [0.05, 0.1) is 24.8 Å². The van der Waals surface area contributed by atoms with Crippen LogP contribution in [0.15, 0.2) is 67.0 Å². The van der Waals surface area contributed by atoms with Crippen molar-refractivity contribution in [2.45, 2.75) is 6.92 Å². The molecule has 0 atom stereocenters. The summed E-state index contributed by atoms with van der Waals surface area (Å²) in [5, 5.41) is 5.54. The summed E-state index contributed by atoms with van der Waals surface area (Å²) in [4.78, 5) is 29.0. The molecule has 0 unspecified atom stereocenters. The molecule has 2 aromatic carbocycles. The Labute approximate surface area is 168 Å². The molecule has 0 saturated heterocycles. The van der Waals surface area contributed by atoms with Crippen molar-refractivity contribution in [3.8, 4) is 11.5 Å². The Hall–Kier alpha value is -3.87. The van der Waals surface area contributed by atoms with Crippen LogP contribution in [0.1, 0.15) is 27.6 Å². The number of amides is 2. The summed E-state index contributed by atoms with van der Waals surface area (Å²) in [5.74, 6) is 0.618. The van der Waals surface area contributed by atoms with Gasteiger partial charge in [-0.2, -0.15) is 0 Å². The summed E-state index contributed by atoms with van der Waals surface area (Å²) in [6, 6.07) is 15.5. The maximum absolute atomic E-state index is 12.5. The maximum atomic E-state index is 12.5. The van der Waals surface area contributed by atoms with E-state index in [-0.39, 0.29) is 22.9 Å². The molecule has 148 valence electrons. The summed E-state index contributed by atoms with van der Waals surface area (Å²) >= 11 is 0. The van der Waals surface area contributed by atoms with Crippen LogP contribution >= 0.6 is 0 Å². The van der Waals surface area contributed by atoms with Crippen molar-refractivity contribution in [3.05, 3.63) is 78.1 Å². The normalized spacial score (nSPS) is 10.1. The van der Waals surface area contributed by atoms with Gasteiger partial charge in [-0.25, -0.2) is 0 Å². The molecule has 0 bridgehead atoms. The minimum absolute atomic E-state index is 0.271. The van der Waals surface area contributed by atoms with Crippen molar-refractivity contribution in [1.82, 2.24) is 4.98 Å². The van der Waals surface area contributed by atoms with E-state index in [1.165, 1.54) is 18.5 Å². The third-order valence-electron chi connectivity index (χ3n) is 4.01. The molecule has 3 aromatic rings. The lowest BCUT2D eigenvalue weighted by Crippen LogP contribution is -2.16. The molecular formula is C22H21N3O4. The molecule has 0 radical (unpaired) electrons. The standard InChI is InChI=1S/C22H21N3O4/c1-3-29-19-9-7-17(8-10-19)24-21(26)15-11-16(14-23-13-15)22(27)25-18-5-4-6-20(12-18)28-2/h4-14H,3H2,1-2H3,(H,24,26)(H,25,27). The molecule has 0 aliphatic carbocycles. The average molecular weight is 391 g/mol. The molecule has 7 heteroatoms. The van der Waals surface area contributed by atoms with E-state index < -0.39 is 0 Å². The first-order valence-electron chi connectivity index (χ1n) is 9.03. The highest BCUT2D eigenvalue weighted by Crippen LogP contribution is 2.19. The highest BCUT2D eigenvalue weighted by Gasteiger charge is 2.12. The minimum Gasteiger partial charge on any atom is -0.497 e. The van der Waals surface area contributed by atoms with Crippen LogP contribution in [0.4, 0.5) is 11.4 Å². The zero-order chi connectivity index (χ0) is 20.6. The first-order chi connectivity index (χ1) is 14.1. The summed E-state index contributed by atoms with van der Waals surface area (Å²) in [6.45, 7) is 2.47. The number of nitrogens with zero attached hydrogens (tertiary/aromatic N) is 1. The number of ether oxygens (including phenoxy) is 2. The summed E-state index contributed by atoms with van der Waals surface area (Å²) in [6.07, 6.45) is 2.81. The second kappa shape index (κ2) is 9.36. The molecule has 0 aliphatic rings. The fraction of sp³-hybridized carbons (Fsp3) is 0.136. The van der Waals surface area contributed by atoms with Crippen molar-refractivity contribution >= 4 is 23.2 Å². The van der Waals surface area contributed by atoms with Gasteiger partial charge in [0.15, 0.2) is 0 Å². The highest BCUT2D eigenvalue weighted by molar-refractivity contribution is 6.08. The fourth-order valence-electron chi connectivity index (χ4n) is 2.60. The largest absolute Gasteiger partial charge is 0.497 e. The van der Waals surface area contributed by atoms with Gasteiger partial charge in [-0.1, -0.05) is 6.07 Å². The van der Waals surface area contributed by atoms with E-state index in [1.54, 1.807) is 55.6 Å². The molecule has 0 spiro atoms. The topological polar surface area (TPSA) is 89.5 Å². The van der Waals surface area contributed by atoms with Gasteiger partial charge < -0.3 is 20.1 Å². The monoisotopic (exact) mass is 391 g/mol. The molecular weight excluding hydrogens is 370 g/mol. The van der Waals surface area contributed by atoms with E-state index in [9.17, 15) is 9.59 Å². The maximum Gasteiger partial charge on any atom is 0.257 e. The number of carbonyl (C=O) groups is 2. The van der Waals surface area contributed by atoms with E-state index in [2.05, 4.69) is 15.6 Å². The van der Waals surface area contributed by atoms with Gasteiger partial charge in [0, 0.05) is 29.8 Å². The van der Waals surface area contributed by atoms with E-state index in [4.69, 9.17) is 9.47 Å². The van der Waals surface area contributed by atoms with Crippen molar-refractivity contribution < 1.29 is 19.1 Å². The molecule has 2 N–H and O–H groups in total.